The van der Waals surface area contributed by atoms with Crippen molar-refractivity contribution >= 4 is 33.2 Å². The summed E-state index contributed by atoms with van der Waals surface area (Å²) in [7, 11) is -2.25. The third-order valence-electron chi connectivity index (χ3n) is 8.73. The molecule has 1 aliphatic heterocycles. The van der Waals surface area contributed by atoms with Gasteiger partial charge in [-0.25, -0.2) is 8.42 Å². The van der Waals surface area contributed by atoms with Crippen LogP contribution in [0.5, 0.6) is 0 Å². The molecule has 3 aromatic carbocycles. The van der Waals surface area contributed by atoms with Crippen molar-refractivity contribution in [3.8, 4) is 0 Å². The highest BCUT2D eigenvalue weighted by atomic mass is 35.5. The van der Waals surface area contributed by atoms with E-state index in [1.807, 2.05) is 70.2 Å². The Bertz CT molecular complexity index is 1560. The fourth-order valence-corrected chi connectivity index (χ4v) is 8.01. The first kappa shape index (κ1) is 35.0. The highest BCUT2D eigenvalue weighted by molar-refractivity contribution is 7.92. The quantitative estimate of drug-likeness (QED) is 0.214. The number of halogens is 1. The van der Waals surface area contributed by atoms with Gasteiger partial charge in [-0.15, -0.1) is 0 Å². The molecule has 244 valence electrons. The Kier molecular flexibility index (Phi) is 11.4. The number of hydrogen-bond donors (Lipinski definition) is 2. The molecular weight excluding hydrogens is 606 g/mol. The van der Waals surface area contributed by atoms with Crippen molar-refractivity contribution in [2.45, 2.75) is 89.2 Å². The summed E-state index contributed by atoms with van der Waals surface area (Å²) in [5, 5.41) is 10.5. The van der Waals surface area contributed by atoms with Gasteiger partial charge in [-0.3, -0.25) is 14.4 Å². The van der Waals surface area contributed by atoms with Crippen LogP contribution in [-0.4, -0.2) is 62.0 Å². The molecule has 0 radical (unpaired) electrons. The summed E-state index contributed by atoms with van der Waals surface area (Å²) in [5.41, 5.74) is 4.50. The number of aliphatic hydroxyl groups is 1. The molecule has 9 heteroatoms. The lowest BCUT2D eigenvalue weighted by atomic mass is 9.89. The summed E-state index contributed by atoms with van der Waals surface area (Å²) >= 11 is 6.40. The molecule has 45 heavy (non-hydrogen) atoms. The molecule has 0 saturated carbocycles. The molecule has 0 bridgehead atoms. The molecule has 1 saturated heterocycles. The van der Waals surface area contributed by atoms with Gasteiger partial charge in [-0.1, -0.05) is 95.6 Å². The number of benzene rings is 3. The maximum atomic E-state index is 14.2. The molecule has 2 atom stereocenters. The number of β-amino-alcohol motifs (C(OH)–C–C–N with tert-alkyl or cyclic N) is 1. The zero-order valence-corrected chi connectivity index (χ0v) is 29.1. The summed E-state index contributed by atoms with van der Waals surface area (Å²) in [5.74, 6) is 0.0582. The molecule has 0 spiro atoms. The van der Waals surface area contributed by atoms with Gasteiger partial charge in [0.2, 0.25) is 5.91 Å². The van der Waals surface area contributed by atoms with Crippen LogP contribution in [0.4, 0.5) is 5.69 Å². The number of sulfonamides is 1. The van der Waals surface area contributed by atoms with Gasteiger partial charge in [0.1, 0.15) is 0 Å². The van der Waals surface area contributed by atoms with Gasteiger partial charge in [0.25, 0.3) is 10.0 Å². The largest absolute Gasteiger partial charge is 0.392 e. The van der Waals surface area contributed by atoms with Gasteiger partial charge in [0, 0.05) is 31.7 Å². The average Bonchev–Trinajstić information content (AvgIpc) is 3.40. The lowest BCUT2D eigenvalue weighted by Crippen LogP contribution is -2.39. The third kappa shape index (κ3) is 8.47. The minimum Gasteiger partial charge on any atom is -0.392 e. The number of hydrogen-bond acceptors (Lipinski definition) is 5. The number of carbonyl (C=O) groups is 1. The van der Waals surface area contributed by atoms with Crippen LogP contribution < -0.4 is 4.72 Å². The van der Waals surface area contributed by atoms with E-state index in [9.17, 15) is 18.3 Å². The minimum atomic E-state index is -4.03. The molecule has 0 aromatic heterocycles. The Balaban J connectivity index is 1.67. The molecule has 1 amide bonds. The average molecular weight is 654 g/mol. The van der Waals surface area contributed by atoms with E-state index in [4.69, 9.17) is 11.6 Å². The third-order valence-corrected chi connectivity index (χ3v) is 10.5. The van der Waals surface area contributed by atoms with Crippen molar-refractivity contribution in [3.05, 3.63) is 93.5 Å². The first-order chi connectivity index (χ1) is 21.2. The smallest absolute Gasteiger partial charge is 0.262 e. The van der Waals surface area contributed by atoms with Crippen molar-refractivity contribution in [3.63, 3.8) is 0 Å². The van der Waals surface area contributed by atoms with Crippen LogP contribution in [0.15, 0.2) is 65.6 Å². The van der Waals surface area contributed by atoms with Gasteiger partial charge < -0.3 is 10.0 Å². The summed E-state index contributed by atoms with van der Waals surface area (Å²) in [6.45, 7) is 14.2. The zero-order chi connectivity index (χ0) is 33.1. The molecule has 3 aromatic rings. The second kappa shape index (κ2) is 14.7. The number of nitrogens with zero attached hydrogens (tertiary/aromatic N) is 2. The Morgan fingerprint density at radius 3 is 2.11 bits per heavy atom. The van der Waals surface area contributed by atoms with E-state index in [1.165, 1.54) is 0 Å². The second-order valence-corrected chi connectivity index (χ2v) is 15.3. The summed E-state index contributed by atoms with van der Waals surface area (Å²) in [6, 6.07) is 18.6. The molecule has 2 N–H and O–H groups in total. The number of anilines is 1. The van der Waals surface area contributed by atoms with Crippen molar-refractivity contribution in [2.24, 2.45) is 0 Å². The number of likely N-dealkylation sites (N-methyl/N-ethyl adjacent to an activating group) is 1. The van der Waals surface area contributed by atoms with Crippen LogP contribution in [-0.2, 0) is 21.2 Å². The molecule has 1 aliphatic rings. The number of nitrogens with one attached hydrogen (secondary N) is 1. The van der Waals surface area contributed by atoms with Crippen molar-refractivity contribution in [2.75, 3.05) is 31.4 Å². The number of amides is 1. The highest BCUT2D eigenvalue weighted by Gasteiger charge is 2.30. The first-order valence-corrected chi connectivity index (χ1v) is 17.7. The molecular formula is C36H48ClN3O4S. The summed E-state index contributed by atoms with van der Waals surface area (Å²) in [4.78, 5) is 18.1. The van der Waals surface area contributed by atoms with Crippen molar-refractivity contribution < 1.29 is 18.3 Å². The SMILES string of the molecule is CC(C)c1cc(C(C)C)c(S(=O)(=O)Nc2ccc(Cl)cc2CC(=O)N(C)[C@H](CN2CC[C@H](O)C2)c2ccccc2)c(C(C)C)c1. The Hall–Kier alpha value is -2.91. The Morgan fingerprint density at radius 1 is 0.956 bits per heavy atom. The van der Waals surface area contributed by atoms with Crippen molar-refractivity contribution in [1.29, 1.82) is 0 Å². The van der Waals surface area contributed by atoms with Crippen LogP contribution in [0, 0.1) is 0 Å². The predicted octanol–water partition coefficient (Wildman–Crippen LogP) is 7.32. The fourth-order valence-electron chi connectivity index (χ4n) is 6.01. The van der Waals surface area contributed by atoms with Gasteiger partial charge in [0.15, 0.2) is 0 Å². The topological polar surface area (TPSA) is 90.0 Å². The second-order valence-electron chi connectivity index (χ2n) is 13.2. The minimum absolute atomic E-state index is 0.0145. The van der Waals surface area contributed by atoms with E-state index in [1.54, 1.807) is 30.1 Å². The highest BCUT2D eigenvalue weighted by Crippen LogP contribution is 2.37. The van der Waals surface area contributed by atoms with Gasteiger partial charge in [0.05, 0.1) is 29.1 Å². The van der Waals surface area contributed by atoms with Crippen LogP contribution in [0.2, 0.25) is 5.02 Å². The molecule has 1 heterocycles. The standard InChI is InChI=1S/C36H48ClN3O4S/c1-23(2)27-18-31(24(3)4)36(32(19-27)25(5)6)45(43,44)38-33-14-13-29(37)17-28(33)20-35(42)39(7)34(26-11-9-8-10-12-26)22-40-16-15-30(41)21-40/h8-14,17-19,23-25,30,34,38,41H,15-16,20-22H2,1-7H3/t30-,34+/m0/s1. The Morgan fingerprint density at radius 2 is 1.58 bits per heavy atom. The predicted molar refractivity (Wildman–Crippen MR) is 184 cm³/mol. The van der Waals surface area contributed by atoms with Gasteiger partial charge in [-0.05, 0) is 70.2 Å². The maximum absolute atomic E-state index is 14.2. The normalized spacial score (nSPS) is 16.5. The van der Waals surface area contributed by atoms with E-state index in [2.05, 4.69) is 23.5 Å². The summed E-state index contributed by atoms with van der Waals surface area (Å²) < 4.78 is 31.3. The zero-order valence-electron chi connectivity index (χ0n) is 27.5. The van der Waals surface area contributed by atoms with Crippen LogP contribution >= 0.6 is 11.6 Å². The van der Waals surface area contributed by atoms with Crippen LogP contribution in [0.25, 0.3) is 0 Å². The number of likely N-dealkylation sites (tertiary alicyclic amines) is 1. The van der Waals surface area contributed by atoms with E-state index in [0.717, 1.165) is 28.8 Å². The monoisotopic (exact) mass is 653 g/mol. The molecule has 7 nitrogen and oxygen atoms in total. The molecule has 0 unspecified atom stereocenters. The maximum Gasteiger partial charge on any atom is 0.262 e. The van der Waals surface area contributed by atoms with Gasteiger partial charge >= 0.3 is 0 Å². The van der Waals surface area contributed by atoms with Crippen molar-refractivity contribution in [1.82, 2.24) is 9.80 Å². The summed E-state index contributed by atoms with van der Waals surface area (Å²) in [6.07, 6.45) is 0.308. The number of rotatable bonds is 12. The molecule has 1 fully saturated rings. The Labute approximate surface area is 274 Å². The molecule has 4 rings (SSSR count). The number of aliphatic hydroxyl groups excluding tert-OH is 1. The van der Waals surface area contributed by atoms with E-state index < -0.39 is 10.0 Å². The fraction of sp³-hybridized carbons (Fsp3) is 0.472. The lowest BCUT2D eigenvalue weighted by molar-refractivity contribution is -0.131. The van der Waals surface area contributed by atoms with Crippen LogP contribution in [0.1, 0.15) is 99.6 Å². The van der Waals surface area contributed by atoms with Gasteiger partial charge in [-0.2, -0.15) is 0 Å². The lowest BCUT2D eigenvalue weighted by Gasteiger charge is -2.32. The van der Waals surface area contributed by atoms with Crippen LogP contribution in [0.3, 0.4) is 0 Å². The van der Waals surface area contributed by atoms with E-state index in [0.29, 0.717) is 40.7 Å². The number of carbonyl (C=O) groups excluding carboxylic acids is 1. The van der Waals surface area contributed by atoms with E-state index in [-0.39, 0.29) is 42.2 Å². The van der Waals surface area contributed by atoms with E-state index >= 15 is 0 Å². The molecule has 0 aliphatic carbocycles. The first-order valence-electron chi connectivity index (χ1n) is 15.9.